The van der Waals surface area contributed by atoms with Crippen LogP contribution in [0.25, 0.3) is 0 Å². The summed E-state index contributed by atoms with van der Waals surface area (Å²) in [5, 5.41) is 10.1. The predicted octanol–water partition coefficient (Wildman–Crippen LogP) is 1.22. The number of hydrogen-bond acceptors (Lipinski definition) is 3. The van der Waals surface area contributed by atoms with Crippen molar-refractivity contribution in [1.29, 1.82) is 0 Å². The van der Waals surface area contributed by atoms with Crippen molar-refractivity contribution in [3.8, 4) is 0 Å². The number of likely N-dealkylation sites (tertiary alicyclic amines) is 1. The van der Waals surface area contributed by atoms with Crippen molar-refractivity contribution in [1.82, 2.24) is 4.90 Å². The standard InChI is InChI=1S/C7H12N2O2/c1-8-5-3-2-4-7(8)6-9(10)11/h6H,2-5H2,1H3. The number of allylic oxidation sites excluding steroid dienone is 1. The van der Waals surface area contributed by atoms with Crippen molar-refractivity contribution in [2.24, 2.45) is 0 Å². The molecule has 0 aromatic heterocycles. The van der Waals surface area contributed by atoms with Gasteiger partial charge in [-0.05, 0) is 19.3 Å². The topological polar surface area (TPSA) is 46.4 Å². The lowest BCUT2D eigenvalue weighted by Gasteiger charge is -2.25. The van der Waals surface area contributed by atoms with Crippen LogP contribution in [0.15, 0.2) is 11.9 Å². The van der Waals surface area contributed by atoms with Crippen molar-refractivity contribution in [3.63, 3.8) is 0 Å². The summed E-state index contributed by atoms with van der Waals surface area (Å²) in [6.45, 7) is 0.944. The van der Waals surface area contributed by atoms with E-state index in [-0.39, 0.29) is 4.92 Å². The van der Waals surface area contributed by atoms with E-state index in [4.69, 9.17) is 0 Å². The Morgan fingerprint density at radius 2 is 2.36 bits per heavy atom. The van der Waals surface area contributed by atoms with Gasteiger partial charge in [-0.2, -0.15) is 0 Å². The quantitative estimate of drug-likeness (QED) is 0.423. The fraction of sp³-hybridized carbons (Fsp3) is 0.714. The zero-order valence-corrected chi connectivity index (χ0v) is 6.62. The van der Waals surface area contributed by atoms with Gasteiger partial charge in [0.1, 0.15) is 0 Å². The van der Waals surface area contributed by atoms with E-state index in [1.807, 2.05) is 11.9 Å². The zero-order chi connectivity index (χ0) is 8.27. The summed E-state index contributed by atoms with van der Waals surface area (Å²) in [6.07, 6.45) is 4.17. The molecule has 1 rings (SSSR count). The second-order valence-electron chi connectivity index (χ2n) is 2.78. The third-order valence-electron chi connectivity index (χ3n) is 1.92. The minimum absolute atomic E-state index is 0.378. The number of nitro groups is 1. The van der Waals surface area contributed by atoms with E-state index in [0.29, 0.717) is 0 Å². The minimum atomic E-state index is -0.378. The van der Waals surface area contributed by atoms with Crippen LogP contribution in [0.3, 0.4) is 0 Å². The monoisotopic (exact) mass is 156 g/mol. The highest BCUT2D eigenvalue weighted by Gasteiger charge is 2.13. The normalized spacial score (nSPS) is 22.3. The van der Waals surface area contributed by atoms with Gasteiger partial charge in [0.05, 0.1) is 10.6 Å². The maximum absolute atomic E-state index is 10.1. The lowest BCUT2D eigenvalue weighted by molar-refractivity contribution is -0.404. The van der Waals surface area contributed by atoms with Crippen molar-refractivity contribution >= 4 is 0 Å². The van der Waals surface area contributed by atoms with Crippen LogP contribution in [0.4, 0.5) is 0 Å². The van der Waals surface area contributed by atoms with E-state index in [9.17, 15) is 10.1 Å². The molecule has 0 radical (unpaired) electrons. The third-order valence-corrected chi connectivity index (χ3v) is 1.92. The third kappa shape index (κ3) is 2.22. The van der Waals surface area contributed by atoms with E-state index in [2.05, 4.69) is 0 Å². The molecule has 1 saturated heterocycles. The maximum atomic E-state index is 10.1. The first kappa shape index (κ1) is 8.04. The van der Waals surface area contributed by atoms with Gasteiger partial charge in [-0.1, -0.05) is 0 Å². The Morgan fingerprint density at radius 1 is 1.64 bits per heavy atom. The summed E-state index contributed by atoms with van der Waals surface area (Å²) in [5.41, 5.74) is 0.848. The zero-order valence-electron chi connectivity index (χ0n) is 6.62. The number of nitrogens with zero attached hydrogens (tertiary/aromatic N) is 2. The summed E-state index contributed by atoms with van der Waals surface area (Å²) in [4.78, 5) is 11.7. The highest BCUT2D eigenvalue weighted by atomic mass is 16.6. The highest BCUT2D eigenvalue weighted by molar-refractivity contribution is 4.98. The molecule has 11 heavy (non-hydrogen) atoms. The van der Waals surface area contributed by atoms with Crippen LogP contribution in [0.5, 0.6) is 0 Å². The second-order valence-corrected chi connectivity index (χ2v) is 2.78. The van der Waals surface area contributed by atoms with Crippen molar-refractivity contribution in [2.45, 2.75) is 19.3 Å². The molecule has 0 unspecified atom stereocenters. The minimum Gasteiger partial charge on any atom is -0.373 e. The van der Waals surface area contributed by atoms with Crippen LogP contribution in [-0.4, -0.2) is 23.4 Å². The van der Waals surface area contributed by atoms with Crippen LogP contribution in [0, 0.1) is 10.1 Å². The average molecular weight is 156 g/mol. The molecular weight excluding hydrogens is 144 g/mol. The van der Waals surface area contributed by atoms with Crippen molar-refractivity contribution in [3.05, 3.63) is 22.0 Å². The summed E-state index contributed by atoms with van der Waals surface area (Å²) < 4.78 is 0. The Hall–Kier alpha value is -1.06. The summed E-state index contributed by atoms with van der Waals surface area (Å²) in [5.74, 6) is 0. The first-order chi connectivity index (χ1) is 5.20. The lowest BCUT2D eigenvalue weighted by atomic mass is 10.1. The fourth-order valence-electron chi connectivity index (χ4n) is 1.27. The van der Waals surface area contributed by atoms with Gasteiger partial charge >= 0.3 is 0 Å². The molecule has 0 bridgehead atoms. The Labute approximate surface area is 65.6 Å². The number of rotatable bonds is 1. The Kier molecular flexibility index (Phi) is 2.46. The van der Waals surface area contributed by atoms with Gasteiger partial charge in [-0.25, -0.2) is 0 Å². The van der Waals surface area contributed by atoms with Gasteiger partial charge in [-0.15, -0.1) is 0 Å². The van der Waals surface area contributed by atoms with Gasteiger partial charge in [0.2, 0.25) is 0 Å². The molecule has 0 aliphatic carbocycles. The molecule has 62 valence electrons. The van der Waals surface area contributed by atoms with E-state index < -0.39 is 0 Å². The molecule has 1 heterocycles. The molecule has 4 nitrogen and oxygen atoms in total. The molecule has 4 heteroatoms. The van der Waals surface area contributed by atoms with Gasteiger partial charge in [0.25, 0.3) is 6.20 Å². The van der Waals surface area contributed by atoms with Gasteiger partial charge < -0.3 is 4.90 Å². The first-order valence-electron chi connectivity index (χ1n) is 3.75. The summed E-state index contributed by atoms with van der Waals surface area (Å²) >= 11 is 0. The first-order valence-corrected chi connectivity index (χ1v) is 3.75. The second kappa shape index (κ2) is 3.37. The maximum Gasteiger partial charge on any atom is 0.253 e. The summed E-state index contributed by atoms with van der Waals surface area (Å²) in [6, 6.07) is 0. The van der Waals surface area contributed by atoms with Crippen LogP contribution in [0.2, 0.25) is 0 Å². The molecule has 0 saturated carbocycles. The molecule has 1 aliphatic heterocycles. The molecule has 0 aromatic carbocycles. The van der Waals surface area contributed by atoms with E-state index in [1.165, 1.54) is 0 Å². The van der Waals surface area contributed by atoms with Crippen molar-refractivity contribution in [2.75, 3.05) is 13.6 Å². The van der Waals surface area contributed by atoms with E-state index in [1.54, 1.807) is 0 Å². The molecule has 0 N–H and O–H groups in total. The van der Waals surface area contributed by atoms with Gasteiger partial charge in [-0.3, -0.25) is 10.1 Å². The predicted molar refractivity (Wildman–Crippen MR) is 41.6 cm³/mol. The smallest absolute Gasteiger partial charge is 0.253 e. The lowest BCUT2D eigenvalue weighted by Crippen LogP contribution is -2.23. The molecule has 1 fully saturated rings. The van der Waals surface area contributed by atoms with Gasteiger partial charge in [0.15, 0.2) is 0 Å². The SMILES string of the molecule is CN1CCCCC1=C[N+](=O)[O-]. The van der Waals surface area contributed by atoms with Crippen LogP contribution in [0.1, 0.15) is 19.3 Å². The largest absolute Gasteiger partial charge is 0.373 e. The van der Waals surface area contributed by atoms with Crippen molar-refractivity contribution < 1.29 is 4.92 Å². The van der Waals surface area contributed by atoms with E-state index in [0.717, 1.165) is 37.7 Å². The average Bonchev–Trinajstić information content (AvgIpc) is 1.93. The van der Waals surface area contributed by atoms with Crippen LogP contribution < -0.4 is 0 Å². The number of hydrogen-bond donors (Lipinski definition) is 0. The van der Waals surface area contributed by atoms with Crippen LogP contribution >= 0.6 is 0 Å². The summed E-state index contributed by atoms with van der Waals surface area (Å²) in [7, 11) is 1.90. The Balaban J connectivity index is 2.60. The van der Waals surface area contributed by atoms with Gasteiger partial charge in [0, 0.05) is 13.6 Å². The van der Waals surface area contributed by atoms with Crippen LogP contribution in [-0.2, 0) is 0 Å². The molecule has 0 atom stereocenters. The molecular formula is C7H12N2O2. The Bertz CT molecular complexity index is 189. The number of piperidine rings is 1. The molecule has 0 spiro atoms. The van der Waals surface area contributed by atoms with E-state index >= 15 is 0 Å². The fourth-order valence-corrected chi connectivity index (χ4v) is 1.27. The molecule has 0 amide bonds. The highest BCUT2D eigenvalue weighted by Crippen LogP contribution is 2.17. The molecule has 0 aromatic rings. The molecule has 1 aliphatic rings. The Morgan fingerprint density at radius 3 is 2.91 bits per heavy atom.